The fourth-order valence-electron chi connectivity index (χ4n) is 1.55. The normalized spacial score (nSPS) is 19.2. The van der Waals surface area contributed by atoms with Gasteiger partial charge in [0, 0.05) is 11.0 Å². The van der Waals surface area contributed by atoms with E-state index in [2.05, 4.69) is 21.2 Å². The van der Waals surface area contributed by atoms with Crippen LogP contribution in [0.2, 0.25) is 0 Å². The Labute approximate surface area is 91.6 Å². The van der Waals surface area contributed by atoms with Gasteiger partial charge in [0.15, 0.2) is 9.84 Å². The third-order valence-corrected chi connectivity index (χ3v) is 4.99. The van der Waals surface area contributed by atoms with Gasteiger partial charge in [0.05, 0.1) is 11.4 Å². The van der Waals surface area contributed by atoms with Gasteiger partial charge >= 0.3 is 0 Å². The number of hydrogen-bond acceptors (Lipinski definition) is 3. The molecule has 1 aromatic carbocycles. The Balaban J connectivity index is 2.70. The maximum atomic E-state index is 11.8. The van der Waals surface area contributed by atoms with E-state index in [4.69, 9.17) is 0 Å². The van der Waals surface area contributed by atoms with Crippen molar-refractivity contribution in [3.8, 4) is 0 Å². The molecule has 0 aliphatic carbocycles. The summed E-state index contributed by atoms with van der Waals surface area (Å²) in [6.07, 6.45) is 0.656. The standard InChI is InChI=1S/C9H10BrNO2S/c10-7-3-1-4-8-9(7)14(12,13)6-2-5-11-8/h1,3-4,11H,2,5-6H2. The zero-order valence-electron chi connectivity index (χ0n) is 7.46. The minimum Gasteiger partial charge on any atom is -0.384 e. The molecule has 0 bridgehead atoms. The van der Waals surface area contributed by atoms with Gasteiger partial charge in [-0.3, -0.25) is 0 Å². The summed E-state index contributed by atoms with van der Waals surface area (Å²) < 4.78 is 24.3. The lowest BCUT2D eigenvalue weighted by atomic mass is 10.3. The van der Waals surface area contributed by atoms with Crippen LogP contribution in [0.15, 0.2) is 27.6 Å². The zero-order chi connectivity index (χ0) is 10.2. The minimum absolute atomic E-state index is 0.218. The van der Waals surface area contributed by atoms with Crippen molar-refractivity contribution in [1.82, 2.24) is 0 Å². The van der Waals surface area contributed by atoms with Crippen LogP contribution < -0.4 is 5.32 Å². The van der Waals surface area contributed by atoms with E-state index in [1.54, 1.807) is 12.1 Å². The lowest BCUT2D eigenvalue weighted by molar-refractivity contribution is 0.595. The Kier molecular flexibility index (Phi) is 2.53. The van der Waals surface area contributed by atoms with Crippen molar-refractivity contribution < 1.29 is 8.42 Å². The summed E-state index contributed by atoms with van der Waals surface area (Å²) in [7, 11) is -3.12. The van der Waals surface area contributed by atoms with Crippen molar-refractivity contribution in [2.45, 2.75) is 11.3 Å². The number of hydrogen-bond donors (Lipinski definition) is 1. The van der Waals surface area contributed by atoms with Crippen molar-refractivity contribution >= 4 is 31.5 Å². The van der Waals surface area contributed by atoms with E-state index in [0.29, 0.717) is 28.0 Å². The summed E-state index contributed by atoms with van der Waals surface area (Å²) in [6.45, 7) is 0.711. The number of rotatable bonds is 0. The van der Waals surface area contributed by atoms with Crippen LogP contribution >= 0.6 is 15.9 Å². The number of nitrogens with one attached hydrogen (secondary N) is 1. The van der Waals surface area contributed by atoms with Crippen molar-refractivity contribution in [3.63, 3.8) is 0 Å². The quantitative estimate of drug-likeness (QED) is 0.788. The molecule has 1 aliphatic rings. The van der Waals surface area contributed by atoms with Crippen molar-refractivity contribution in [2.24, 2.45) is 0 Å². The first-order chi connectivity index (χ1) is 6.61. The second-order valence-corrected chi connectivity index (χ2v) is 6.12. The molecule has 1 aromatic rings. The van der Waals surface area contributed by atoms with Crippen molar-refractivity contribution in [3.05, 3.63) is 22.7 Å². The van der Waals surface area contributed by atoms with Gasteiger partial charge in [-0.15, -0.1) is 0 Å². The average Bonchev–Trinajstić information content (AvgIpc) is 2.25. The molecule has 0 saturated heterocycles. The predicted octanol–water partition coefficient (Wildman–Crippen LogP) is 2.04. The van der Waals surface area contributed by atoms with Gasteiger partial charge in [0.2, 0.25) is 0 Å². The van der Waals surface area contributed by atoms with Crippen LogP contribution in [0.1, 0.15) is 6.42 Å². The molecule has 0 unspecified atom stereocenters. The molecule has 1 heterocycles. The van der Waals surface area contributed by atoms with Crippen LogP contribution in [0.25, 0.3) is 0 Å². The molecule has 1 aliphatic heterocycles. The first-order valence-electron chi connectivity index (χ1n) is 4.36. The molecule has 76 valence electrons. The number of benzene rings is 1. The lowest BCUT2D eigenvalue weighted by Crippen LogP contribution is -2.05. The summed E-state index contributed by atoms with van der Waals surface area (Å²) in [6, 6.07) is 5.38. The molecule has 0 aromatic heterocycles. The maximum Gasteiger partial charge on any atom is 0.181 e. The molecule has 2 rings (SSSR count). The number of fused-ring (bicyclic) bond motifs is 1. The smallest absolute Gasteiger partial charge is 0.181 e. The molecule has 0 amide bonds. The molecule has 3 nitrogen and oxygen atoms in total. The Morgan fingerprint density at radius 3 is 2.93 bits per heavy atom. The van der Waals surface area contributed by atoms with Gasteiger partial charge < -0.3 is 5.32 Å². The highest BCUT2D eigenvalue weighted by Crippen LogP contribution is 2.32. The van der Waals surface area contributed by atoms with E-state index in [-0.39, 0.29) is 5.75 Å². The van der Waals surface area contributed by atoms with Crippen molar-refractivity contribution in [2.75, 3.05) is 17.6 Å². The maximum absolute atomic E-state index is 11.8. The molecule has 0 spiro atoms. The SMILES string of the molecule is O=S1(=O)CCCNc2cccc(Br)c21. The fourth-order valence-corrected chi connectivity index (χ4v) is 4.23. The summed E-state index contributed by atoms with van der Waals surface area (Å²) in [5, 5.41) is 3.11. The largest absolute Gasteiger partial charge is 0.384 e. The van der Waals surface area contributed by atoms with Crippen LogP contribution in [-0.4, -0.2) is 20.7 Å². The van der Waals surface area contributed by atoms with Crippen LogP contribution in [0.5, 0.6) is 0 Å². The van der Waals surface area contributed by atoms with Gasteiger partial charge in [-0.2, -0.15) is 0 Å². The summed E-state index contributed by atoms with van der Waals surface area (Å²) in [5.41, 5.74) is 0.705. The van der Waals surface area contributed by atoms with Gasteiger partial charge in [-0.25, -0.2) is 8.42 Å². The number of sulfone groups is 1. The third-order valence-electron chi connectivity index (χ3n) is 2.18. The van der Waals surface area contributed by atoms with E-state index in [0.717, 1.165) is 0 Å². The van der Waals surface area contributed by atoms with Crippen LogP contribution in [-0.2, 0) is 9.84 Å². The highest BCUT2D eigenvalue weighted by molar-refractivity contribution is 9.10. The van der Waals surface area contributed by atoms with Gasteiger partial charge in [0.25, 0.3) is 0 Å². The third kappa shape index (κ3) is 1.66. The van der Waals surface area contributed by atoms with Crippen LogP contribution in [0.4, 0.5) is 5.69 Å². The van der Waals surface area contributed by atoms with Crippen LogP contribution in [0, 0.1) is 0 Å². The summed E-state index contributed by atoms with van der Waals surface area (Å²) >= 11 is 3.27. The van der Waals surface area contributed by atoms with E-state index in [1.165, 1.54) is 0 Å². The molecule has 0 fully saturated rings. The van der Waals surface area contributed by atoms with Gasteiger partial charge in [-0.1, -0.05) is 6.07 Å². The van der Waals surface area contributed by atoms with Gasteiger partial charge in [-0.05, 0) is 34.5 Å². The first-order valence-corrected chi connectivity index (χ1v) is 6.81. The highest BCUT2D eigenvalue weighted by atomic mass is 79.9. The monoisotopic (exact) mass is 275 g/mol. The lowest BCUT2D eigenvalue weighted by Gasteiger charge is -2.08. The number of anilines is 1. The molecule has 5 heteroatoms. The van der Waals surface area contributed by atoms with Crippen LogP contribution in [0.3, 0.4) is 0 Å². The van der Waals surface area contributed by atoms with E-state index >= 15 is 0 Å². The Morgan fingerprint density at radius 2 is 2.14 bits per heavy atom. The first kappa shape index (κ1) is 9.98. The van der Waals surface area contributed by atoms with E-state index < -0.39 is 9.84 Å². The Hall–Kier alpha value is -0.550. The zero-order valence-corrected chi connectivity index (χ0v) is 9.86. The molecular formula is C9H10BrNO2S. The number of halogens is 1. The second kappa shape index (κ2) is 3.55. The summed E-state index contributed by atoms with van der Waals surface area (Å²) in [5.74, 6) is 0.218. The minimum atomic E-state index is -3.12. The average molecular weight is 276 g/mol. The predicted molar refractivity (Wildman–Crippen MR) is 59.3 cm³/mol. The van der Waals surface area contributed by atoms with Crippen molar-refractivity contribution in [1.29, 1.82) is 0 Å². The molecule has 0 radical (unpaired) electrons. The highest BCUT2D eigenvalue weighted by Gasteiger charge is 2.23. The topological polar surface area (TPSA) is 46.2 Å². The van der Waals surface area contributed by atoms with Gasteiger partial charge in [0.1, 0.15) is 4.90 Å². The summed E-state index contributed by atoms with van der Waals surface area (Å²) in [4.78, 5) is 0.400. The van der Waals surface area contributed by atoms with E-state index in [9.17, 15) is 8.42 Å². The molecule has 14 heavy (non-hydrogen) atoms. The molecule has 0 saturated carbocycles. The van der Waals surface area contributed by atoms with E-state index in [1.807, 2.05) is 6.07 Å². The second-order valence-electron chi connectivity index (χ2n) is 3.22. The Bertz CT molecular complexity index is 456. The molecular weight excluding hydrogens is 266 g/mol. The Morgan fingerprint density at radius 1 is 1.36 bits per heavy atom. The molecule has 1 N–H and O–H groups in total. The fraction of sp³-hybridized carbons (Fsp3) is 0.333. The molecule has 0 atom stereocenters.